The van der Waals surface area contributed by atoms with E-state index in [4.69, 9.17) is 4.74 Å². The van der Waals surface area contributed by atoms with Gasteiger partial charge in [-0.05, 0) is 24.6 Å². The Morgan fingerprint density at radius 1 is 1.32 bits per heavy atom. The van der Waals surface area contributed by atoms with Crippen LogP contribution in [0.15, 0.2) is 24.3 Å². The number of rotatable bonds is 6. The molecule has 7 nitrogen and oxygen atoms in total. The van der Waals surface area contributed by atoms with Crippen LogP contribution in [0.4, 0.5) is 0 Å². The molecule has 7 heteroatoms. The Bertz CT molecular complexity index is 642. The molecule has 1 aromatic carbocycles. The maximum absolute atomic E-state index is 12.3. The molecule has 1 N–H and O–H groups in total. The highest BCUT2D eigenvalue weighted by Gasteiger charge is 2.35. The first-order chi connectivity index (χ1) is 11.8. The summed E-state index contributed by atoms with van der Waals surface area (Å²) >= 11 is 0. The van der Waals surface area contributed by atoms with Gasteiger partial charge < -0.3 is 19.9 Å². The van der Waals surface area contributed by atoms with Crippen LogP contribution in [0.25, 0.3) is 0 Å². The predicted molar refractivity (Wildman–Crippen MR) is 92.8 cm³/mol. The second-order valence-electron chi connectivity index (χ2n) is 6.49. The number of hydrogen-bond acceptors (Lipinski definition) is 4. The highest BCUT2D eigenvalue weighted by Crippen LogP contribution is 2.21. The maximum Gasteiger partial charge on any atom is 0.244 e. The van der Waals surface area contributed by atoms with Crippen molar-refractivity contribution in [3.8, 4) is 5.75 Å². The van der Waals surface area contributed by atoms with Gasteiger partial charge in [-0.3, -0.25) is 14.4 Å². The average Bonchev–Trinajstić information content (AvgIpc) is 2.95. The Morgan fingerprint density at radius 2 is 1.96 bits per heavy atom. The molecule has 1 saturated heterocycles. The van der Waals surface area contributed by atoms with Crippen LogP contribution in [0.3, 0.4) is 0 Å². The summed E-state index contributed by atoms with van der Waals surface area (Å²) in [6.45, 7) is 2.46. The van der Waals surface area contributed by atoms with E-state index < -0.39 is 12.0 Å². The highest BCUT2D eigenvalue weighted by atomic mass is 16.5. The summed E-state index contributed by atoms with van der Waals surface area (Å²) in [5.41, 5.74) is 0.978. The third kappa shape index (κ3) is 4.71. The summed E-state index contributed by atoms with van der Waals surface area (Å²) in [6.07, 6.45) is 0.171. The van der Waals surface area contributed by atoms with Gasteiger partial charge in [-0.15, -0.1) is 0 Å². The second-order valence-corrected chi connectivity index (χ2v) is 6.49. The third-order valence-electron chi connectivity index (χ3n) is 4.29. The van der Waals surface area contributed by atoms with Gasteiger partial charge in [-0.1, -0.05) is 12.1 Å². The molecule has 25 heavy (non-hydrogen) atoms. The zero-order valence-electron chi connectivity index (χ0n) is 15.1. The van der Waals surface area contributed by atoms with Crippen LogP contribution >= 0.6 is 0 Å². The standard InChI is InChI=1S/C18H25N3O4/c1-12(18(24)20(2)3)19-17(23)14-9-16(22)21(11-14)10-13-5-7-15(25-4)8-6-13/h5-8,12,14H,9-11H2,1-4H3,(H,19,23)/t12-,14-/m0/s1. The molecule has 0 aliphatic carbocycles. The number of benzene rings is 1. The molecule has 0 saturated carbocycles. The number of likely N-dealkylation sites (N-methyl/N-ethyl adjacent to an activating group) is 1. The zero-order valence-corrected chi connectivity index (χ0v) is 15.1. The molecule has 1 aliphatic heterocycles. The molecule has 1 heterocycles. The fourth-order valence-corrected chi connectivity index (χ4v) is 2.83. The maximum atomic E-state index is 12.3. The fraction of sp³-hybridized carbons (Fsp3) is 0.500. The normalized spacial score (nSPS) is 18.0. The van der Waals surface area contributed by atoms with Crippen molar-refractivity contribution < 1.29 is 19.1 Å². The van der Waals surface area contributed by atoms with E-state index >= 15 is 0 Å². The van der Waals surface area contributed by atoms with E-state index in [2.05, 4.69) is 5.32 Å². The van der Waals surface area contributed by atoms with Gasteiger partial charge in [0, 0.05) is 33.6 Å². The summed E-state index contributed by atoms with van der Waals surface area (Å²) in [7, 11) is 4.88. The molecular formula is C18H25N3O4. The lowest BCUT2D eigenvalue weighted by Gasteiger charge is -2.20. The van der Waals surface area contributed by atoms with Gasteiger partial charge in [0.1, 0.15) is 11.8 Å². The number of carbonyl (C=O) groups excluding carboxylic acids is 3. The number of hydrogen-bond donors (Lipinski definition) is 1. The molecule has 2 atom stereocenters. The van der Waals surface area contributed by atoms with Crippen LogP contribution < -0.4 is 10.1 Å². The van der Waals surface area contributed by atoms with Crippen LogP contribution in [-0.4, -0.2) is 61.3 Å². The highest BCUT2D eigenvalue weighted by molar-refractivity contribution is 5.92. The van der Waals surface area contributed by atoms with Crippen molar-refractivity contribution in [1.82, 2.24) is 15.1 Å². The van der Waals surface area contributed by atoms with Crippen molar-refractivity contribution >= 4 is 17.7 Å². The lowest BCUT2D eigenvalue weighted by atomic mass is 10.1. The Morgan fingerprint density at radius 3 is 2.52 bits per heavy atom. The minimum atomic E-state index is -0.603. The van der Waals surface area contributed by atoms with Crippen LogP contribution in [0, 0.1) is 5.92 Å². The first kappa shape index (κ1) is 18.8. The summed E-state index contributed by atoms with van der Waals surface area (Å²) in [5.74, 6) is -0.153. The number of likely N-dealkylation sites (tertiary alicyclic amines) is 1. The van der Waals surface area contributed by atoms with E-state index in [0.29, 0.717) is 13.1 Å². The summed E-state index contributed by atoms with van der Waals surface area (Å²) in [5, 5.41) is 2.70. The van der Waals surface area contributed by atoms with E-state index in [1.54, 1.807) is 33.0 Å². The van der Waals surface area contributed by atoms with Crippen molar-refractivity contribution in [2.75, 3.05) is 27.7 Å². The number of methoxy groups -OCH3 is 1. The van der Waals surface area contributed by atoms with Gasteiger partial charge in [0.05, 0.1) is 13.0 Å². The Hall–Kier alpha value is -2.57. The van der Waals surface area contributed by atoms with Crippen LogP contribution in [0.2, 0.25) is 0 Å². The number of ether oxygens (including phenoxy) is 1. The summed E-state index contributed by atoms with van der Waals surface area (Å²) < 4.78 is 5.12. The van der Waals surface area contributed by atoms with Gasteiger partial charge in [0.25, 0.3) is 0 Å². The van der Waals surface area contributed by atoms with E-state index in [0.717, 1.165) is 11.3 Å². The Labute approximate surface area is 147 Å². The van der Waals surface area contributed by atoms with Gasteiger partial charge >= 0.3 is 0 Å². The van der Waals surface area contributed by atoms with E-state index in [1.165, 1.54) is 4.90 Å². The van der Waals surface area contributed by atoms with E-state index in [-0.39, 0.29) is 24.1 Å². The number of nitrogens with zero attached hydrogens (tertiary/aromatic N) is 2. The lowest BCUT2D eigenvalue weighted by molar-refractivity contribution is -0.135. The lowest BCUT2D eigenvalue weighted by Crippen LogP contribution is -2.46. The first-order valence-corrected chi connectivity index (χ1v) is 8.24. The number of carbonyl (C=O) groups is 3. The molecule has 3 amide bonds. The van der Waals surface area contributed by atoms with Crippen molar-refractivity contribution in [2.24, 2.45) is 5.92 Å². The average molecular weight is 347 g/mol. The molecule has 0 radical (unpaired) electrons. The topological polar surface area (TPSA) is 79.0 Å². The summed E-state index contributed by atoms with van der Waals surface area (Å²) in [4.78, 5) is 39.5. The minimum absolute atomic E-state index is 0.0532. The van der Waals surface area contributed by atoms with Crippen molar-refractivity contribution in [3.05, 3.63) is 29.8 Å². The minimum Gasteiger partial charge on any atom is -0.497 e. The molecule has 0 bridgehead atoms. The van der Waals surface area contributed by atoms with Gasteiger partial charge in [-0.2, -0.15) is 0 Å². The zero-order chi connectivity index (χ0) is 18.6. The first-order valence-electron chi connectivity index (χ1n) is 8.24. The second kappa shape index (κ2) is 8.00. The Balaban J connectivity index is 1.92. The fourth-order valence-electron chi connectivity index (χ4n) is 2.83. The molecule has 1 aromatic rings. The van der Waals surface area contributed by atoms with Gasteiger partial charge in [-0.25, -0.2) is 0 Å². The van der Waals surface area contributed by atoms with Crippen molar-refractivity contribution in [1.29, 1.82) is 0 Å². The predicted octanol–water partition coefficient (Wildman–Crippen LogP) is 0.637. The summed E-state index contributed by atoms with van der Waals surface area (Å²) in [6, 6.07) is 6.88. The molecule has 1 fully saturated rings. The smallest absolute Gasteiger partial charge is 0.244 e. The van der Waals surface area contributed by atoms with Gasteiger partial charge in [0.2, 0.25) is 17.7 Å². The molecule has 0 aromatic heterocycles. The molecule has 2 rings (SSSR count). The quantitative estimate of drug-likeness (QED) is 0.819. The molecule has 136 valence electrons. The van der Waals surface area contributed by atoms with E-state index in [9.17, 15) is 14.4 Å². The molecule has 0 spiro atoms. The molecule has 1 aliphatic rings. The molecule has 0 unspecified atom stereocenters. The van der Waals surface area contributed by atoms with Crippen molar-refractivity contribution in [2.45, 2.75) is 25.9 Å². The van der Waals surface area contributed by atoms with Gasteiger partial charge in [0.15, 0.2) is 0 Å². The third-order valence-corrected chi connectivity index (χ3v) is 4.29. The van der Waals surface area contributed by atoms with Crippen molar-refractivity contribution in [3.63, 3.8) is 0 Å². The van der Waals surface area contributed by atoms with Crippen LogP contribution in [0.1, 0.15) is 18.9 Å². The SMILES string of the molecule is COc1ccc(CN2C[C@@H](C(=O)N[C@@H](C)C(=O)N(C)C)CC2=O)cc1. The molecular weight excluding hydrogens is 322 g/mol. The monoisotopic (exact) mass is 347 g/mol. The largest absolute Gasteiger partial charge is 0.497 e. The van der Waals surface area contributed by atoms with Crippen LogP contribution in [0.5, 0.6) is 5.75 Å². The number of nitrogens with one attached hydrogen (secondary N) is 1. The van der Waals surface area contributed by atoms with E-state index in [1.807, 2.05) is 24.3 Å². The Kier molecular flexibility index (Phi) is 6.01. The number of amides is 3. The van der Waals surface area contributed by atoms with Crippen LogP contribution in [-0.2, 0) is 20.9 Å².